The van der Waals surface area contributed by atoms with Crippen molar-refractivity contribution < 1.29 is 0 Å². The molecule has 2 aromatic heterocycles. The summed E-state index contributed by atoms with van der Waals surface area (Å²) in [5.41, 5.74) is 3.58. The van der Waals surface area contributed by atoms with E-state index in [1.54, 1.807) is 6.20 Å². The van der Waals surface area contributed by atoms with Crippen molar-refractivity contribution in [3.8, 4) is 11.9 Å². The molecular weight excluding hydrogens is 250 g/mol. The molecule has 0 spiro atoms. The summed E-state index contributed by atoms with van der Waals surface area (Å²) < 4.78 is 1.90. The van der Waals surface area contributed by atoms with Crippen LogP contribution in [0.1, 0.15) is 17.2 Å². The van der Waals surface area contributed by atoms with Crippen molar-refractivity contribution in [3.63, 3.8) is 0 Å². The Bertz CT molecular complexity index is 826. The van der Waals surface area contributed by atoms with E-state index in [-0.39, 0.29) is 6.42 Å². The Morgan fingerprint density at radius 3 is 2.70 bits per heavy atom. The SMILES string of the molecule is Cc1ncc(-n2c(CC#N)nc3ccccc32)nc1C. The highest BCUT2D eigenvalue weighted by Crippen LogP contribution is 2.20. The van der Waals surface area contributed by atoms with Crippen LogP contribution < -0.4 is 0 Å². The Labute approximate surface area is 116 Å². The lowest BCUT2D eigenvalue weighted by molar-refractivity contribution is 0.890. The number of fused-ring (bicyclic) bond motifs is 1. The second-order valence-corrected chi connectivity index (χ2v) is 4.59. The van der Waals surface area contributed by atoms with E-state index in [0.29, 0.717) is 11.6 Å². The second kappa shape index (κ2) is 4.74. The molecule has 0 aliphatic rings. The van der Waals surface area contributed by atoms with E-state index < -0.39 is 0 Å². The van der Waals surface area contributed by atoms with Gasteiger partial charge in [-0.25, -0.2) is 9.97 Å². The van der Waals surface area contributed by atoms with Gasteiger partial charge >= 0.3 is 0 Å². The monoisotopic (exact) mass is 263 g/mol. The lowest BCUT2D eigenvalue weighted by Gasteiger charge is -2.08. The minimum absolute atomic E-state index is 0.239. The van der Waals surface area contributed by atoms with E-state index in [1.807, 2.05) is 42.7 Å². The average molecular weight is 263 g/mol. The largest absolute Gasteiger partial charge is 0.278 e. The Balaban J connectivity index is 2.30. The third-order valence-electron chi connectivity index (χ3n) is 3.28. The average Bonchev–Trinajstić information content (AvgIpc) is 2.80. The van der Waals surface area contributed by atoms with Crippen LogP contribution in [0.25, 0.3) is 16.9 Å². The summed E-state index contributed by atoms with van der Waals surface area (Å²) in [5, 5.41) is 8.98. The zero-order valence-corrected chi connectivity index (χ0v) is 11.3. The third-order valence-corrected chi connectivity index (χ3v) is 3.28. The van der Waals surface area contributed by atoms with Gasteiger partial charge in [0.2, 0.25) is 0 Å². The summed E-state index contributed by atoms with van der Waals surface area (Å²) >= 11 is 0. The van der Waals surface area contributed by atoms with Gasteiger partial charge in [-0.3, -0.25) is 9.55 Å². The van der Waals surface area contributed by atoms with E-state index in [2.05, 4.69) is 21.0 Å². The molecule has 0 N–H and O–H groups in total. The topological polar surface area (TPSA) is 67.4 Å². The van der Waals surface area contributed by atoms with Crippen LogP contribution in [0, 0.1) is 25.2 Å². The molecule has 0 unspecified atom stereocenters. The minimum atomic E-state index is 0.239. The number of benzene rings is 1. The van der Waals surface area contributed by atoms with Gasteiger partial charge in [0, 0.05) is 0 Å². The maximum absolute atomic E-state index is 8.98. The fourth-order valence-corrected chi connectivity index (χ4v) is 2.16. The van der Waals surface area contributed by atoms with Crippen molar-refractivity contribution >= 4 is 11.0 Å². The zero-order chi connectivity index (χ0) is 14.1. The number of imidazole rings is 1. The fraction of sp³-hybridized carbons (Fsp3) is 0.200. The highest BCUT2D eigenvalue weighted by atomic mass is 15.1. The summed E-state index contributed by atoms with van der Waals surface area (Å²) in [5.74, 6) is 1.39. The predicted molar refractivity (Wildman–Crippen MR) is 75.5 cm³/mol. The van der Waals surface area contributed by atoms with Crippen LogP contribution in [-0.4, -0.2) is 19.5 Å². The number of aryl methyl sites for hydroxylation is 2. The first-order chi connectivity index (χ1) is 9.70. The van der Waals surface area contributed by atoms with Crippen LogP contribution in [0.2, 0.25) is 0 Å². The number of hydrogen-bond acceptors (Lipinski definition) is 4. The second-order valence-electron chi connectivity index (χ2n) is 4.59. The van der Waals surface area contributed by atoms with E-state index in [9.17, 15) is 0 Å². The van der Waals surface area contributed by atoms with Gasteiger partial charge < -0.3 is 0 Å². The number of nitriles is 1. The minimum Gasteiger partial charge on any atom is -0.278 e. The van der Waals surface area contributed by atoms with Crippen molar-refractivity contribution in [2.45, 2.75) is 20.3 Å². The third kappa shape index (κ3) is 1.91. The van der Waals surface area contributed by atoms with Crippen molar-refractivity contribution in [1.29, 1.82) is 5.26 Å². The van der Waals surface area contributed by atoms with Crippen molar-refractivity contribution in [3.05, 3.63) is 47.7 Å². The lowest BCUT2D eigenvalue weighted by atomic mass is 10.3. The molecule has 0 bridgehead atoms. The van der Waals surface area contributed by atoms with Crippen molar-refractivity contribution in [2.75, 3.05) is 0 Å². The van der Waals surface area contributed by atoms with E-state index in [0.717, 1.165) is 22.4 Å². The van der Waals surface area contributed by atoms with Gasteiger partial charge in [-0.1, -0.05) is 12.1 Å². The van der Waals surface area contributed by atoms with E-state index in [4.69, 9.17) is 5.26 Å². The van der Waals surface area contributed by atoms with Gasteiger partial charge in [0.25, 0.3) is 0 Å². The molecule has 0 amide bonds. The standard InChI is InChI=1S/C15H13N5/c1-10-11(2)18-15(9-17-10)20-13-6-4-3-5-12(13)19-14(20)7-8-16/h3-6,9H,7H2,1-2H3. The van der Waals surface area contributed by atoms with Gasteiger partial charge in [-0.15, -0.1) is 0 Å². The molecule has 0 atom stereocenters. The first kappa shape index (κ1) is 12.3. The highest BCUT2D eigenvalue weighted by molar-refractivity contribution is 5.77. The van der Waals surface area contributed by atoms with Gasteiger partial charge in [-0.2, -0.15) is 5.26 Å². The predicted octanol–water partition coefficient (Wildman–Crippen LogP) is 2.50. The smallest absolute Gasteiger partial charge is 0.157 e. The molecule has 3 rings (SSSR count). The van der Waals surface area contributed by atoms with Gasteiger partial charge in [0.05, 0.1) is 41.1 Å². The molecule has 5 heteroatoms. The molecule has 0 saturated carbocycles. The summed E-state index contributed by atoms with van der Waals surface area (Å²) in [6.07, 6.45) is 1.96. The first-order valence-electron chi connectivity index (χ1n) is 6.34. The molecule has 1 aromatic carbocycles. The molecule has 0 radical (unpaired) electrons. The first-order valence-corrected chi connectivity index (χ1v) is 6.34. The van der Waals surface area contributed by atoms with E-state index >= 15 is 0 Å². The quantitative estimate of drug-likeness (QED) is 0.712. The maximum Gasteiger partial charge on any atom is 0.157 e. The molecular formula is C15H13N5. The van der Waals surface area contributed by atoms with Gasteiger partial charge in [0.15, 0.2) is 5.82 Å². The molecule has 2 heterocycles. The number of rotatable bonds is 2. The van der Waals surface area contributed by atoms with Crippen LogP contribution in [-0.2, 0) is 6.42 Å². The van der Waals surface area contributed by atoms with Crippen LogP contribution in [0.15, 0.2) is 30.5 Å². The van der Waals surface area contributed by atoms with Crippen molar-refractivity contribution in [1.82, 2.24) is 19.5 Å². The normalized spacial score (nSPS) is 10.7. The van der Waals surface area contributed by atoms with Crippen LogP contribution in [0.3, 0.4) is 0 Å². The summed E-state index contributed by atoms with van der Waals surface area (Å²) in [6, 6.07) is 9.94. The highest BCUT2D eigenvalue weighted by Gasteiger charge is 2.13. The fourth-order valence-electron chi connectivity index (χ4n) is 2.16. The van der Waals surface area contributed by atoms with Crippen LogP contribution in [0.4, 0.5) is 0 Å². The molecule has 0 fully saturated rings. The van der Waals surface area contributed by atoms with Gasteiger partial charge in [0.1, 0.15) is 5.82 Å². The Morgan fingerprint density at radius 1 is 1.15 bits per heavy atom. The van der Waals surface area contributed by atoms with Crippen LogP contribution in [0.5, 0.6) is 0 Å². The maximum atomic E-state index is 8.98. The molecule has 98 valence electrons. The van der Waals surface area contributed by atoms with Gasteiger partial charge in [-0.05, 0) is 26.0 Å². The summed E-state index contributed by atoms with van der Waals surface area (Å²) in [7, 11) is 0. The molecule has 0 aliphatic heterocycles. The Kier molecular flexibility index (Phi) is 2.92. The van der Waals surface area contributed by atoms with Crippen molar-refractivity contribution in [2.24, 2.45) is 0 Å². The van der Waals surface area contributed by atoms with Crippen LogP contribution >= 0.6 is 0 Å². The number of hydrogen-bond donors (Lipinski definition) is 0. The molecule has 5 nitrogen and oxygen atoms in total. The molecule has 0 aliphatic carbocycles. The Morgan fingerprint density at radius 2 is 1.95 bits per heavy atom. The molecule has 0 saturated heterocycles. The molecule has 20 heavy (non-hydrogen) atoms. The number of nitrogens with zero attached hydrogens (tertiary/aromatic N) is 5. The number of aromatic nitrogens is 4. The molecule has 3 aromatic rings. The number of para-hydroxylation sites is 2. The van der Waals surface area contributed by atoms with E-state index in [1.165, 1.54) is 0 Å². The lowest BCUT2D eigenvalue weighted by Crippen LogP contribution is -2.05. The Hall–Kier alpha value is -2.74. The summed E-state index contributed by atoms with van der Waals surface area (Å²) in [6.45, 7) is 3.85. The zero-order valence-electron chi connectivity index (χ0n) is 11.3. The summed E-state index contributed by atoms with van der Waals surface area (Å²) in [4.78, 5) is 13.4.